The fourth-order valence-corrected chi connectivity index (χ4v) is 2.39. The molecule has 1 N–H and O–H groups in total. The van der Waals surface area contributed by atoms with Gasteiger partial charge in [0, 0.05) is 24.6 Å². The molecule has 3 rings (SSSR count). The summed E-state index contributed by atoms with van der Waals surface area (Å²) in [7, 11) is 0. The van der Waals surface area contributed by atoms with Crippen molar-refractivity contribution in [1.29, 1.82) is 0 Å². The van der Waals surface area contributed by atoms with Crippen LogP contribution in [0.15, 0.2) is 10.6 Å². The predicted octanol–water partition coefficient (Wildman–Crippen LogP) is 1.86. The smallest absolute Gasteiger partial charge is 0.229 e. The Morgan fingerprint density at radius 1 is 1.45 bits per heavy atom. The van der Waals surface area contributed by atoms with Crippen molar-refractivity contribution < 1.29 is 9.32 Å². The van der Waals surface area contributed by atoms with Crippen LogP contribution in [0.3, 0.4) is 0 Å². The van der Waals surface area contributed by atoms with Gasteiger partial charge >= 0.3 is 0 Å². The van der Waals surface area contributed by atoms with Crippen molar-refractivity contribution in [2.24, 2.45) is 0 Å². The average Bonchev–Trinajstić information content (AvgIpc) is 3.14. The third kappa shape index (κ3) is 3.72. The van der Waals surface area contributed by atoms with Gasteiger partial charge in [-0.1, -0.05) is 5.16 Å². The molecule has 0 bridgehead atoms. The molecule has 7 nitrogen and oxygen atoms in total. The normalized spacial score (nSPS) is 14.3. The Morgan fingerprint density at radius 2 is 2.27 bits per heavy atom. The molecule has 0 unspecified atom stereocenters. The van der Waals surface area contributed by atoms with Crippen molar-refractivity contribution >= 4 is 5.91 Å². The van der Waals surface area contributed by atoms with Crippen LogP contribution in [0.5, 0.6) is 0 Å². The summed E-state index contributed by atoms with van der Waals surface area (Å²) in [5, 5.41) is 11.1. The second kappa shape index (κ2) is 6.29. The van der Waals surface area contributed by atoms with Crippen LogP contribution >= 0.6 is 0 Å². The van der Waals surface area contributed by atoms with Gasteiger partial charge in [-0.2, -0.15) is 10.1 Å². The number of aromatic nitrogens is 4. The first-order chi connectivity index (χ1) is 10.6. The first kappa shape index (κ1) is 14.7. The number of hydrogen-bond donors (Lipinski definition) is 1. The molecule has 1 aliphatic carbocycles. The molecule has 7 heteroatoms. The van der Waals surface area contributed by atoms with E-state index in [-0.39, 0.29) is 5.91 Å². The van der Waals surface area contributed by atoms with Gasteiger partial charge in [0.25, 0.3) is 0 Å². The maximum absolute atomic E-state index is 11.8. The highest BCUT2D eigenvalue weighted by molar-refractivity contribution is 5.75. The molecule has 118 valence electrons. The van der Waals surface area contributed by atoms with Crippen molar-refractivity contribution in [2.75, 3.05) is 0 Å². The molecule has 0 aliphatic heterocycles. The van der Waals surface area contributed by atoms with Gasteiger partial charge < -0.3 is 9.84 Å². The first-order valence-corrected chi connectivity index (χ1v) is 7.72. The molecule has 0 spiro atoms. The Hall–Kier alpha value is -2.18. The van der Waals surface area contributed by atoms with Crippen LogP contribution in [-0.4, -0.2) is 25.8 Å². The molecule has 0 aromatic carbocycles. The van der Waals surface area contributed by atoms with E-state index in [4.69, 9.17) is 4.52 Å². The Bertz CT molecular complexity index is 657. The largest absolute Gasteiger partial charge is 0.349 e. The van der Waals surface area contributed by atoms with Crippen LogP contribution in [0.25, 0.3) is 0 Å². The summed E-state index contributed by atoms with van der Waals surface area (Å²) in [5.74, 6) is 1.69. The van der Waals surface area contributed by atoms with E-state index in [1.165, 1.54) is 0 Å². The van der Waals surface area contributed by atoms with Crippen LogP contribution in [0.1, 0.15) is 54.7 Å². The van der Waals surface area contributed by atoms with Gasteiger partial charge in [0.05, 0.1) is 12.2 Å². The van der Waals surface area contributed by atoms with Crippen LogP contribution in [0, 0.1) is 13.8 Å². The van der Waals surface area contributed by atoms with Gasteiger partial charge in [-0.15, -0.1) is 0 Å². The van der Waals surface area contributed by atoms with Crippen molar-refractivity contribution in [3.63, 3.8) is 0 Å². The Labute approximate surface area is 129 Å². The second-order valence-electron chi connectivity index (χ2n) is 5.85. The van der Waals surface area contributed by atoms with E-state index < -0.39 is 0 Å². The van der Waals surface area contributed by atoms with E-state index in [1.54, 1.807) is 0 Å². The van der Waals surface area contributed by atoms with Gasteiger partial charge in [0.2, 0.25) is 11.8 Å². The number of rotatable bonds is 7. The molecule has 1 fully saturated rings. The summed E-state index contributed by atoms with van der Waals surface area (Å²) in [5.41, 5.74) is 2.13. The minimum absolute atomic E-state index is 0.000645. The lowest BCUT2D eigenvalue weighted by Gasteiger charge is -2.05. The van der Waals surface area contributed by atoms with Gasteiger partial charge in [-0.05, 0) is 39.2 Å². The molecule has 2 aromatic rings. The summed E-state index contributed by atoms with van der Waals surface area (Å²) < 4.78 is 7.09. The molecule has 1 aliphatic rings. The molecule has 2 aromatic heterocycles. The van der Waals surface area contributed by atoms with Crippen molar-refractivity contribution in [1.82, 2.24) is 25.2 Å². The number of carbonyl (C=O) groups is 1. The van der Waals surface area contributed by atoms with E-state index in [0.29, 0.717) is 30.6 Å². The summed E-state index contributed by atoms with van der Waals surface area (Å²) >= 11 is 0. The van der Waals surface area contributed by atoms with Crippen LogP contribution < -0.4 is 5.32 Å². The van der Waals surface area contributed by atoms with E-state index in [9.17, 15) is 4.79 Å². The number of nitrogens with zero attached hydrogens (tertiary/aromatic N) is 4. The highest BCUT2D eigenvalue weighted by Gasteiger charge is 2.29. The zero-order valence-electron chi connectivity index (χ0n) is 13.0. The lowest BCUT2D eigenvalue weighted by Crippen LogP contribution is -2.23. The number of amides is 1. The molecule has 2 heterocycles. The first-order valence-electron chi connectivity index (χ1n) is 7.72. The predicted molar refractivity (Wildman–Crippen MR) is 79.1 cm³/mol. The maximum Gasteiger partial charge on any atom is 0.229 e. The summed E-state index contributed by atoms with van der Waals surface area (Å²) in [6.45, 7) is 5.07. The maximum atomic E-state index is 11.8. The Balaban J connectivity index is 1.37. The Kier molecular flexibility index (Phi) is 4.22. The van der Waals surface area contributed by atoms with Gasteiger partial charge in [0.15, 0.2) is 5.82 Å². The van der Waals surface area contributed by atoms with Gasteiger partial charge in [-0.25, -0.2) is 0 Å². The van der Waals surface area contributed by atoms with Crippen LogP contribution in [0.4, 0.5) is 0 Å². The highest BCUT2D eigenvalue weighted by atomic mass is 16.5. The molecule has 1 saturated carbocycles. The topological polar surface area (TPSA) is 85.8 Å². The quantitative estimate of drug-likeness (QED) is 0.843. The monoisotopic (exact) mass is 303 g/mol. The Morgan fingerprint density at radius 3 is 2.95 bits per heavy atom. The fraction of sp³-hybridized carbons (Fsp3) is 0.600. The second-order valence-corrected chi connectivity index (χ2v) is 5.85. The molecule has 0 saturated heterocycles. The number of aryl methyl sites for hydroxylation is 3. The van der Waals surface area contributed by atoms with Gasteiger partial charge in [0.1, 0.15) is 0 Å². The summed E-state index contributed by atoms with van der Waals surface area (Å²) in [6.07, 6.45) is 3.47. The minimum atomic E-state index is -0.000645. The van der Waals surface area contributed by atoms with E-state index in [0.717, 1.165) is 37.2 Å². The van der Waals surface area contributed by atoms with Crippen molar-refractivity contribution in [3.8, 4) is 0 Å². The number of hydrogen-bond acceptors (Lipinski definition) is 5. The SMILES string of the molecule is Cc1cc(C)n(CCCC(=O)NCc2noc(C3CC3)n2)n1. The zero-order chi connectivity index (χ0) is 15.5. The fourth-order valence-electron chi connectivity index (χ4n) is 2.39. The number of carbonyl (C=O) groups excluding carboxylic acids is 1. The number of nitrogens with one attached hydrogen (secondary N) is 1. The molecule has 1 amide bonds. The molecular formula is C15H21N5O2. The molecule has 22 heavy (non-hydrogen) atoms. The molecule has 0 radical (unpaired) electrons. The van der Waals surface area contributed by atoms with E-state index >= 15 is 0 Å². The lowest BCUT2D eigenvalue weighted by atomic mass is 10.3. The van der Waals surface area contributed by atoms with Crippen molar-refractivity contribution in [3.05, 3.63) is 29.2 Å². The van der Waals surface area contributed by atoms with E-state index in [2.05, 4.69) is 20.6 Å². The third-order valence-corrected chi connectivity index (χ3v) is 3.73. The van der Waals surface area contributed by atoms with E-state index in [1.807, 2.05) is 24.6 Å². The van der Waals surface area contributed by atoms with Gasteiger partial charge in [-0.3, -0.25) is 9.48 Å². The third-order valence-electron chi connectivity index (χ3n) is 3.73. The summed E-state index contributed by atoms with van der Waals surface area (Å²) in [4.78, 5) is 16.1. The minimum Gasteiger partial charge on any atom is -0.349 e. The van der Waals surface area contributed by atoms with Crippen LogP contribution in [-0.2, 0) is 17.9 Å². The lowest BCUT2D eigenvalue weighted by molar-refractivity contribution is -0.121. The molecular weight excluding hydrogens is 282 g/mol. The average molecular weight is 303 g/mol. The van der Waals surface area contributed by atoms with Crippen LogP contribution in [0.2, 0.25) is 0 Å². The zero-order valence-corrected chi connectivity index (χ0v) is 13.0. The highest BCUT2D eigenvalue weighted by Crippen LogP contribution is 2.38. The standard InChI is InChI=1S/C15H21N5O2/c1-10-8-11(2)20(18-10)7-3-4-14(21)16-9-13-17-15(22-19-13)12-5-6-12/h8,12H,3-7,9H2,1-2H3,(H,16,21). The molecule has 0 atom stereocenters. The summed E-state index contributed by atoms with van der Waals surface area (Å²) in [6, 6.07) is 2.04. The van der Waals surface area contributed by atoms with Crippen molar-refractivity contribution in [2.45, 2.75) is 58.5 Å².